The normalized spacial score (nSPS) is 13.5. The topological polar surface area (TPSA) is 57.9 Å². The van der Waals surface area contributed by atoms with E-state index in [0.717, 1.165) is 22.8 Å². The van der Waals surface area contributed by atoms with Crippen LogP contribution in [0.15, 0.2) is 36.8 Å². The summed E-state index contributed by atoms with van der Waals surface area (Å²) in [7, 11) is 0. The molecule has 2 aromatic heterocycles. The summed E-state index contributed by atoms with van der Waals surface area (Å²) in [6, 6.07) is 5.90. The second-order valence-corrected chi connectivity index (χ2v) is 5.59. The first-order valence-electron chi connectivity index (χ1n) is 7.61. The van der Waals surface area contributed by atoms with Crippen molar-refractivity contribution in [1.82, 2.24) is 14.4 Å². The van der Waals surface area contributed by atoms with Gasteiger partial charge in [0, 0.05) is 18.0 Å². The predicted octanol–water partition coefficient (Wildman–Crippen LogP) is 2.95. The summed E-state index contributed by atoms with van der Waals surface area (Å²) in [6.07, 6.45) is 5.45. The lowest BCUT2D eigenvalue weighted by Gasteiger charge is -2.18. The Kier molecular flexibility index (Phi) is 3.29. The number of imidazole rings is 1. The first kappa shape index (κ1) is 13.9. The van der Waals surface area contributed by atoms with Gasteiger partial charge in [0.15, 0.2) is 11.5 Å². The highest BCUT2D eigenvalue weighted by Crippen LogP contribution is 2.35. The summed E-state index contributed by atoms with van der Waals surface area (Å²) in [4.78, 5) is 8.74. The molecule has 0 saturated heterocycles. The van der Waals surface area contributed by atoms with Crippen molar-refractivity contribution in [1.29, 1.82) is 0 Å². The van der Waals surface area contributed by atoms with E-state index in [1.807, 2.05) is 48.8 Å². The summed E-state index contributed by atoms with van der Waals surface area (Å²) in [5.74, 6) is 2.07. The molecule has 0 fully saturated rings. The molecule has 0 N–H and O–H groups in total. The van der Waals surface area contributed by atoms with Crippen molar-refractivity contribution in [3.05, 3.63) is 36.8 Å². The molecule has 3 heterocycles. The van der Waals surface area contributed by atoms with Gasteiger partial charge >= 0.3 is 0 Å². The van der Waals surface area contributed by atoms with Crippen LogP contribution < -0.4 is 14.2 Å². The Morgan fingerprint density at radius 2 is 1.96 bits per heavy atom. The van der Waals surface area contributed by atoms with E-state index in [9.17, 15) is 0 Å². The summed E-state index contributed by atoms with van der Waals surface area (Å²) < 4.78 is 18.9. The lowest BCUT2D eigenvalue weighted by molar-refractivity contribution is 0.171. The average Bonchev–Trinajstić information content (AvgIpc) is 2.99. The van der Waals surface area contributed by atoms with Gasteiger partial charge in [-0.05, 0) is 32.0 Å². The molecule has 23 heavy (non-hydrogen) atoms. The van der Waals surface area contributed by atoms with Crippen LogP contribution in [0.3, 0.4) is 0 Å². The summed E-state index contributed by atoms with van der Waals surface area (Å²) in [5, 5.41) is 0. The van der Waals surface area contributed by atoms with Crippen molar-refractivity contribution in [3.8, 4) is 28.6 Å². The molecule has 1 aromatic carbocycles. The lowest BCUT2D eigenvalue weighted by atomic mass is 10.1. The highest BCUT2D eigenvalue weighted by atomic mass is 16.6. The van der Waals surface area contributed by atoms with Crippen LogP contribution in [0.1, 0.15) is 13.8 Å². The number of ether oxygens (including phenoxy) is 3. The van der Waals surface area contributed by atoms with Crippen molar-refractivity contribution in [2.45, 2.75) is 20.0 Å². The monoisotopic (exact) mass is 311 g/mol. The zero-order valence-electron chi connectivity index (χ0n) is 13.0. The second-order valence-electron chi connectivity index (χ2n) is 5.59. The van der Waals surface area contributed by atoms with Gasteiger partial charge in [0.2, 0.25) is 5.65 Å². The zero-order chi connectivity index (χ0) is 15.8. The Morgan fingerprint density at radius 1 is 1.13 bits per heavy atom. The molecule has 0 bridgehead atoms. The molecule has 0 unspecified atom stereocenters. The first-order chi connectivity index (χ1) is 11.2. The minimum atomic E-state index is 0.0446. The molecule has 1 aliphatic rings. The number of aromatic nitrogens is 3. The van der Waals surface area contributed by atoms with Crippen LogP contribution >= 0.6 is 0 Å². The minimum Gasteiger partial charge on any atom is -0.486 e. The van der Waals surface area contributed by atoms with Gasteiger partial charge in [0.05, 0.1) is 18.0 Å². The van der Waals surface area contributed by atoms with Gasteiger partial charge < -0.3 is 14.2 Å². The molecule has 6 heteroatoms. The predicted molar refractivity (Wildman–Crippen MR) is 85.2 cm³/mol. The number of hydrogen-bond acceptors (Lipinski definition) is 5. The highest BCUT2D eigenvalue weighted by molar-refractivity contribution is 5.68. The number of fused-ring (bicyclic) bond motifs is 2. The molecule has 0 saturated carbocycles. The van der Waals surface area contributed by atoms with Crippen molar-refractivity contribution >= 4 is 5.65 Å². The number of benzene rings is 1. The van der Waals surface area contributed by atoms with E-state index in [4.69, 9.17) is 14.2 Å². The van der Waals surface area contributed by atoms with Crippen LogP contribution in [-0.2, 0) is 0 Å². The molecule has 0 aliphatic carbocycles. The number of nitrogens with zero attached hydrogens (tertiary/aromatic N) is 3. The van der Waals surface area contributed by atoms with Crippen molar-refractivity contribution in [3.63, 3.8) is 0 Å². The summed E-state index contributed by atoms with van der Waals surface area (Å²) >= 11 is 0. The van der Waals surface area contributed by atoms with Crippen LogP contribution in [0, 0.1) is 0 Å². The van der Waals surface area contributed by atoms with E-state index in [-0.39, 0.29) is 6.10 Å². The molecule has 4 rings (SSSR count). The van der Waals surface area contributed by atoms with E-state index >= 15 is 0 Å². The molecule has 6 nitrogen and oxygen atoms in total. The van der Waals surface area contributed by atoms with Gasteiger partial charge in [-0.15, -0.1) is 0 Å². The fourth-order valence-electron chi connectivity index (χ4n) is 2.62. The molecular formula is C17H17N3O3. The van der Waals surface area contributed by atoms with Gasteiger partial charge in [0.25, 0.3) is 5.88 Å². The quantitative estimate of drug-likeness (QED) is 0.744. The van der Waals surface area contributed by atoms with Crippen LogP contribution in [0.5, 0.6) is 17.4 Å². The third-order valence-electron chi connectivity index (χ3n) is 3.58. The third kappa shape index (κ3) is 2.46. The molecule has 0 spiro atoms. The van der Waals surface area contributed by atoms with E-state index in [0.29, 0.717) is 24.7 Å². The largest absolute Gasteiger partial charge is 0.486 e. The van der Waals surface area contributed by atoms with Crippen molar-refractivity contribution in [2.24, 2.45) is 0 Å². The van der Waals surface area contributed by atoms with E-state index < -0.39 is 0 Å². The maximum Gasteiger partial charge on any atom is 0.258 e. The Bertz CT molecular complexity index is 857. The van der Waals surface area contributed by atoms with Gasteiger partial charge in [-0.3, -0.25) is 4.40 Å². The molecule has 118 valence electrons. The van der Waals surface area contributed by atoms with E-state index in [2.05, 4.69) is 9.97 Å². The van der Waals surface area contributed by atoms with Gasteiger partial charge in [-0.25, -0.2) is 9.97 Å². The highest BCUT2D eigenvalue weighted by Gasteiger charge is 2.16. The Morgan fingerprint density at radius 3 is 2.78 bits per heavy atom. The average molecular weight is 311 g/mol. The summed E-state index contributed by atoms with van der Waals surface area (Å²) in [5.41, 5.74) is 2.66. The zero-order valence-corrected chi connectivity index (χ0v) is 13.0. The maximum absolute atomic E-state index is 5.73. The van der Waals surface area contributed by atoms with Gasteiger partial charge in [0.1, 0.15) is 13.2 Å². The molecule has 0 atom stereocenters. The maximum atomic E-state index is 5.73. The van der Waals surface area contributed by atoms with E-state index in [1.165, 1.54) is 0 Å². The van der Waals surface area contributed by atoms with E-state index in [1.54, 1.807) is 6.20 Å². The number of rotatable bonds is 3. The van der Waals surface area contributed by atoms with Crippen molar-refractivity contribution < 1.29 is 14.2 Å². The molecule has 0 radical (unpaired) electrons. The van der Waals surface area contributed by atoms with Gasteiger partial charge in [-0.2, -0.15) is 0 Å². The van der Waals surface area contributed by atoms with Crippen LogP contribution in [-0.4, -0.2) is 33.7 Å². The SMILES string of the molecule is CC(C)Oc1nccn2c(-c3ccc4c(c3)OCCO4)cnc12. The molecule has 1 aliphatic heterocycles. The standard InChI is InChI=1S/C17H17N3O3/c1-11(2)23-17-16-19-10-13(20(16)6-5-18-17)12-3-4-14-15(9-12)22-8-7-21-14/h3-6,9-11H,7-8H2,1-2H3. The fourth-order valence-corrected chi connectivity index (χ4v) is 2.62. The Balaban J connectivity index is 1.80. The number of hydrogen-bond donors (Lipinski definition) is 0. The van der Waals surface area contributed by atoms with Crippen molar-refractivity contribution in [2.75, 3.05) is 13.2 Å². The lowest BCUT2D eigenvalue weighted by Crippen LogP contribution is -2.15. The molecular weight excluding hydrogens is 294 g/mol. The summed E-state index contributed by atoms with van der Waals surface area (Å²) in [6.45, 7) is 5.09. The fraction of sp³-hybridized carbons (Fsp3) is 0.294. The molecule has 3 aromatic rings. The molecule has 0 amide bonds. The first-order valence-corrected chi connectivity index (χ1v) is 7.61. The van der Waals surface area contributed by atoms with Crippen LogP contribution in [0.4, 0.5) is 0 Å². The van der Waals surface area contributed by atoms with Gasteiger partial charge in [-0.1, -0.05) is 0 Å². The Hall–Kier alpha value is -2.76. The minimum absolute atomic E-state index is 0.0446. The third-order valence-corrected chi connectivity index (χ3v) is 3.58. The smallest absolute Gasteiger partial charge is 0.258 e. The van der Waals surface area contributed by atoms with Crippen LogP contribution in [0.25, 0.3) is 16.9 Å². The second kappa shape index (κ2) is 5.46. The Labute approximate surface area is 133 Å². The van der Waals surface area contributed by atoms with Crippen LogP contribution in [0.2, 0.25) is 0 Å².